The quantitative estimate of drug-likeness (QED) is 0.474. The van der Waals surface area contributed by atoms with Crippen LogP contribution in [0.1, 0.15) is 11.1 Å². The van der Waals surface area contributed by atoms with E-state index in [1.807, 2.05) is 37.3 Å². The van der Waals surface area contributed by atoms with Gasteiger partial charge < -0.3 is 4.74 Å². The van der Waals surface area contributed by atoms with Crippen LogP contribution < -0.4 is 4.74 Å². The van der Waals surface area contributed by atoms with Crippen molar-refractivity contribution in [3.63, 3.8) is 0 Å². The predicted molar refractivity (Wildman–Crippen MR) is 77.3 cm³/mol. The minimum atomic E-state index is -0.412. The number of hydrogen-bond acceptors (Lipinski definition) is 2. The summed E-state index contributed by atoms with van der Waals surface area (Å²) < 4.78 is 5.19. The van der Waals surface area contributed by atoms with E-state index in [9.17, 15) is 4.79 Å². The van der Waals surface area contributed by atoms with Crippen molar-refractivity contribution in [1.29, 1.82) is 0 Å². The Labute approximate surface area is 117 Å². The summed E-state index contributed by atoms with van der Waals surface area (Å²) in [4.78, 5) is 11.6. The van der Waals surface area contributed by atoms with Crippen LogP contribution in [-0.2, 0) is 4.79 Å². The average molecular weight is 273 g/mol. The molecule has 0 N–H and O–H groups in total. The molecule has 2 aromatic rings. The molecule has 2 nitrogen and oxygen atoms in total. The Kier molecular flexibility index (Phi) is 4.37. The predicted octanol–water partition coefficient (Wildman–Crippen LogP) is 4.27. The average Bonchev–Trinajstić information content (AvgIpc) is 2.42. The number of hydrogen-bond donors (Lipinski definition) is 0. The third kappa shape index (κ3) is 3.97. The van der Waals surface area contributed by atoms with Crippen LogP contribution in [0.3, 0.4) is 0 Å². The molecule has 0 amide bonds. The van der Waals surface area contributed by atoms with Crippen molar-refractivity contribution in [2.75, 3.05) is 0 Å². The molecule has 2 rings (SSSR count). The highest BCUT2D eigenvalue weighted by molar-refractivity contribution is 6.31. The number of ether oxygens (including phenoxy) is 1. The molecule has 96 valence electrons. The van der Waals surface area contributed by atoms with Crippen LogP contribution in [0.2, 0.25) is 5.02 Å². The fraction of sp³-hybridized carbons (Fsp3) is 0.0625. The van der Waals surface area contributed by atoms with Gasteiger partial charge in [0.25, 0.3) is 0 Å². The summed E-state index contributed by atoms with van der Waals surface area (Å²) in [6, 6.07) is 14.7. The van der Waals surface area contributed by atoms with Gasteiger partial charge >= 0.3 is 5.97 Å². The van der Waals surface area contributed by atoms with E-state index in [0.29, 0.717) is 10.8 Å². The lowest BCUT2D eigenvalue weighted by Crippen LogP contribution is -2.03. The number of esters is 1. The Morgan fingerprint density at radius 3 is 2.58 bits per heavy atom. The van der Waals surface area contributed by atoms with E-state index in [4.69, 9.17) is 16.3 Å². The van der Waals surface area contributed by atoms with E-state index < -0.39 is 5.97 Å². The van der Waals surface area contributed by atoms with Crippen LogP contribution in [0.4, 0.5) is 0 Å². The second-order valence-electron chi connectivity index (χ2n) is 4.08. The first-order valence-electron chi connectivity index (χ1n) is 5.86. The molecule has 19 heavy (non-hydrogen) atoms. The van der Waals surface area contributed by atoms with Crippen LogP contribution in [0.25, 0.3) is 6.08 Å². The second-order valence-corrected chi connectivity index (χ2v) is 4.48. The van der Waals surface area contributed by atoms with Gasteiger partial charge in [0.2, 0.25) is 0 Å². The van der Waals surface area contributed by atoms with Crippen molar-refractivity contribution >= 4 is 23.6 Å². The maximum atomic E-state index is 11.6. The molecule has 2 aromatic carbocycles. The summed E-state index contributed by atoms with van der Waals surface area (Å²) in [5, 5.41) is 0.652. The Morgan fingerprint density at radius 1 is 1.16 bits per heavy atom. The highest BCUT2D eigenvalue weighted by Crippen LogP contribution is 2.21. The lowest BCUT2D eigenvalue weighted by molar-refractivity contribution is -0.128. The summed E-state index contributed by atoms with van der Waals surface area (Å²) in [5.41, 5.74) is 1.82. The number of rotatable bonds is 3. The van der Waals surface area contributed by atoms with Gasteiger partial charge in [0.15, 0.2) is 0 Å². The van der Waals surface area contributed by atoms with Gasteiger partial charge in [-0.2, -0.15) is 0 Å². The molecule has 0 aliphatic carbocycles. The molecule has 0 saturated carbocycles. The summed E-state index contributed by atoms with van der Waals surface area (Å²) in [6.45, 7) is 1.86. The Bertz CT molecular complexity index is 603. The lowest BCUT2D eigenvalue weighted by atomic mass is 10.2. The van der Waals surface area contributed by atoms with Gasteiger partial charge in [-0.3, -0.25) is 0 Å². The van der Waals surface area contributed by atoms with Crippen molar-refractivity contribution in [2.45, 2.75) is 6.92 Å². The van der Waals surface area contributed by atoms with Crippen molar-refractivity contribution in [2.24, 2.45) is 0 Å². The molecular weight excluding hydrogens is 260 g/mol. The first-order chi connectivity index (χ1) is 9.15. The highest BCUT2D eigenvalue weighted by Gasteiger charge is 2.02. The molecule has 0 spiro atoms. The fourth-order valence-corrected chi connectivity index (χ4v) is 1.68. The van der Waals surface area contributed by atoms with E-state index in [0.717, 1.165) is 11.1 Å². The second kappa shape index (κ2) is 6.21. The normalized spacial score (nSPS) is 10.6. The minimum absolute atomic E-state index is 0.412. The zero-order valence-corrected chi connectivity index (χ0v) is 11.2. The largest absolute Gasteiger partial charge is 0.423 e. The lowest BCUT2D eigenvalue weighted by Gasteiger charge is -2.03. The first-order valence-corrected chi connectivity index (χ1v) is 6.24. The van der Waals surface area contributed by atoms with E-state index in [1.54, 1.807) is 24.3 Å². The number of halogens is 1. The van der Waals surface area contributed by atoms with Gasteiger partial charge in [-0.05, 0) is 42.3 Å². The third-order valence-electron chi connectivity index (χ3n) is 2.56. The van der Waals surface area contributed by atoms with Crippen molar-refractivity contribution in [3.8, 4) is 5.75 Å². The Hall–Kier alpha value is -2.06. The molecule has 0 fully saturated rings. The summed E-state index contributed by atoms with van der Waals surface area (Å²) in [6.07, 6.45) is 3.12. The van der Waals surface area contributed by atoms with Crippen molar-refractivity contribution < 1.29 is 9.53 Å². The van der Waals surface area contributed by atoms with Crippen LogP contribution in [0.5, 0.6) is 5.75 Å². The van der Waals surface area contributed by atoms with E-state index in [-0.39, 0.29) is 0 Å². The molecule has 0 unspecified atom stereocenters. The zero-order chi connectivity index (χ0) is 13.7. The maximum absolute atomic E-state index is 11.6. The molecule has 0 aromatic heterocycles. The standard InChI is InChI=1S/C16H13ClO2/c1-12-11-14(8-9-15(12)17)19-16(18)10-7-13-5-3-2-4-6-13/h2-11H,1H3/b10-7+. The van der Waals surface area contributed by atoms with Crippen LogP contribution >= 0.6 is 11.6 Å². The molecule has 3 heteroatoms. The topological polar surface area (TPSA) is 26.3 Å². The smallest absolute Gasteiger partial charge is 0.336 e. The monoisotopic (exact) mass is 272 g/mol. The molecule has 0 atom stereocenters. The Morgan fingerprint density at radius 2 is 1.89 bits per heavy atom. The van der Waals surface area contributed by atoms with Gasteiger partial charge in [0.05, 0.1) is 0 Å². The Balaban J connectivity index is 2.01. The van der Waals surface area contributed by atoms with Crippen molar-refractivity contribution in [1.82, 2.24) is 0 Å². The number of aryl methyl sites for hydroxylation is 1. The number of carbonyl (C=O) groups is 1. The van der Waals surface area contributed by atoms with E-state index >= 15 is 0 Å². The van der Waals surface area contributed by atoms with Crippen LogP contribution in [0.15, 0.2) is 54.6 Å². The van der Waals surface area contributed by atoms with E-state index in [1.165, 1.54) is 6.08 Å². The first kappa shape index (κ1) is 13.4. The van der Waals surface area contributed by atoms with Gasteiger partial charge in [0, 0.05) is 11.1 Å². The van der Waals surface area contributed by atoms with Gasteiger partial charge in [0.1, 0.15) is 5.75 Å². The molecule has 0 bridgehead atoms. The highest BCUT2D eigenvalue weighted by atomic mass is 35.5. The van der Waals surface area contributed by atoms with Gasteiger partial charge in [-0.15, -0.1) is 0 Å². The van der Waals surface area contributed by atoms with Crippen LogP contribution in [0, 0.1) is 6.92 Å². The number of benzene rings is 2. The minimum Gasteiger partial charge on any atom is -0.423 e. The van der Waals surface area contributed by atoms with Crippen LogP contribution in [-0.4, -0.2) is 5.97 Å². The third-order valence-corrected chi connectivity index (χ3v) is 2.98. The SMILES string of the molecule is Cc1cc(OC(=O)/C=C/c2ccccc2)ccc1Cl. The molecule has 0 radical (unpaired) electrons. The van der Waals surface area contributed by atoms with E-state index in [2.05, 4.69) is 0 Å². The molecule has 0 heterocycles. The maximum Gasteiger partial charge on any atom is 0.336 e. The molecule has 0 aliphatic rings. The fourth-order valence-electron chi connectivity index (χ4n) is 1.56. The summed E-state index contributed by atoms with van der Waals surface area (Å²) in [7, 11) is 0. The van der Waals surface area contributed by atoms with Gasteiger partial charge in [-0.1, -0.05) is 41.9 Å². The summed E-state index contributed by atoms with van der Waals surface area (Å²) in [5.74, 6) is 0.0789. The molecular formula is C16H13ClO2. The van der Waals surface area contributed by atoms with Crippen molar-refractivity contribution in [3.05, 3.63) is 70.8 Å². The summed E-state index contributed by atoms with van der Waals surface area (Å²) >= 11 is 5.90. The molecule has 0 aliphatic heterocycles. The zero-order valence-electron chi connectivity index (χ0n) is 10.5. The van der Waals surface area contributed by atoms with Gasteiger partial charge in [-0.25, -0.2) is 4.79 Å². The molecule has 0 saturated heterocycles. The number of carbonyl (C=O) groups excluding carboxylic acids is 1.